The first-order valence-corrected chi connectivity index (χ1v) is 11.9. The number of anilines is 1. The van der Waals surface area contributed by atoms with Gasteiger partial charge in [-0.15, -0.1) is 0 Å². The van der Waals surface area contributed by atoms with Crippen molar-refractivity contribution in [2.75, 3.05) is 51.4 Å². The number of hydrogen-bond donors (Lipinski definition) is 1. The predicted octanol–water partition coefficient (Wildman–Crippen LogP) is 2.82. The largest absolute Gasteiger partial charge is 0.493 e. The minimum absolute atomic E-state index is 0.00519. The molecule has 0 unspecified atom stereocenters. The second-order valence-electron chi connectivity index (χ2n) is 9.16. The van der Waals surface area contributed by atoms with Crippen LogP contribution in [0.15, 0.2) is 36.9 Å². The number of alkyl halides is 3. The zero-order chi connectivity index (χ0) is 25.6. The van der Waals surface area contributed by atoms with E-state index in [1.807, 2.05) is 6.07 Å². The Bertz CT molecular complexity index is 1390. The summed E-state index contributed by atoms with van der Waals surface area (Å²) in [5.74, 6) is 0.380. The van der Waals surface area contributed by atoms with E-state index in [2.05, 4.69) is 35.1 Å². The highest BCUT2D eigenvalue weighted by Gasteiger charge is 2.33. The van der Waals surface area contributed by atoms with Crippen molar-refractivity contribution in [1.29, 1.82) is 0 Å². The van der Waals surface area contributed by atoms with Crippen LogP contribution in [0.4, 0.5) is 18.9 Å². The van der Waals surface area contributed by atoms with Crippen LogP contribution in [0.3, 0.4) is 0 Å². The van der Waals surface area contributed by atoms with E-state index in [1.54, 1.807) is 24.5 Å². The van der Waals surface area contributed by atoms with E-state index in [-0.39, 0.29) is 17.0 Å². The van der Waals surface area contributed by atoms with Crippen molar-refractivity contribution >= 4 is 11.3 Å². The molecule has 194 valence electrons. The topological polar surface area (TPSA) is 96.7 Å². The molecule has 0 saturated carbocycles. The lowest BCUT2D eigenvalue weighted by molar-refractivity contribution is -0.127. The first-order chi connectivity index (χ1) is 17.9. The molecule has 2 saturated heterocycles. The number of methoxy groups -OCH3 is 1. The standard InChI is InChI=1S/C24H25F3N8O2/c1-36-20-8-15(11-35-23(20)29-14-30-35)21-18(9-24(25,26)27)22(32-31-21)19-3-2-16(10-28-19)33-4-6-34(7-5-33)17-12-37-13-17/h2-3,8,10-11,14,17H,4-7,9,12-13H2,1H3,(H,31,32). The van der Waals surface area contributed by atoms with Gasteiger partial charge in [-0.2, -0.15) is 23.4 Å². The number of rotatable bonds is 6. The fourth-order valence-electron chi connectivity index (χ4n) is 4.86. The minimum Gasteiger partial charge on any atom is -0.493 e. The third-order valence-corrected chi connectivity index (χ3v) is 6.90. The lowest BCUT2D eigenvalue weighted by Gasteiger charge is -2.43. The lowest BCUT2D eigenvalue weighted by Crippen LogP contribution is -2.56. The average Bonchev–Trinajstić information content (AvgIpc) is 3.49. The molecule has 0 aromatic carbocycles. The monoisotopic (exact) mass is 514 g/mol. The van der Waals surface area contributed by atoms with E-state index in [0.717, 1.165) is 45.1 Å². The third kappa shape index (κ3) is 4.60. The van der Waals surface area contributed by atoms with E-state index in [0.29, 0.717) is 28.7 Å². The van der Waals surface area contributed by atoms with Gasteiger partial charge in [0.25, 0.3) is 0 Å². The molecule has 0 atom stereocenters. The van der Waals surface area contributed by atoms with Gasteiger partial charge in [0.2, 0.25) is 0 Å². The van der Waals surface area contributed by atoms with Crippen LogP contribution in [-0.2, 0) is 11.2 Å². The van der Waals surface area contributed by atoms with Crippen molar-refractivity contribution < 1.29 is 22.6 Å². The van der Waals surface area contributed by atoms with Crippen molar-refractivity contribution in [2.24, 2.45) is 0 Å². The molecule has 10 nitrogen and oxygen atoms in total. The molecule has 2 fully saturated rings. The molecular weight excluding hydrogens is 489 g/mol. The van der Waals surface area contributed by atoms with Gasteiger partial charge in [-0.1, -0.05) is 0 Å². The van der Waals surface area contributed by atoms with Gasteiger partial charge in [-0.25, -0.2) is 9.50 Å². The van der Waals surface area contributed by atoms with Crippen LogP contribution in [0, 0.1) is 0 Å². The first kappa shape index (κ1) is 23.7. The number of pyridine rings is 2. The van der Waals surface area contributed by atoms with Gasteiger partial charge < -0.3 is 14.4 Å². The van der Waals surface area contributed by atoms with Crippen molar-refractivity contribution in [3.63, 3.8) is 0 Å². The molecule has 13 heteroatoms. The molecule has 4 aromatic heterocycles. The quantitative estimate of drug-likeness (QED) is 0.420. The van der Waals surface area contributed by atoms with Crippen molar-refractivity contribution in [1.82, 2.24) is 34.7 Å². The van der Waals surface area contributed by atoms with E-state index in [1.165, 1.54) is 18.0 Å². The third-order valence-electron chi connectivity index (χ3n) is 6.90. The maximum Gasteiger partial charge on any atom is 0.393 e. The fraction of sp³-hybridized carbons (Fsp3) is 0.417. The number of piperazine rings is 1. The van der Waals surface area contributed by atoms with E-state index in [9.17, 15) is 13.2 Å². The summed E-state index contributed by atoms with van der Waals surface area (Å²) in [7, 11) is 1.47. The lowest BCUT2D eigenvalue weighted by atomic mass is 10.0. The number of ether oxygens (including phenoxy) is 2. The number of fused-ring (bicyclic) bond motifs is 1. The summed E-state index contributed by atoms with van der Waals surface area (Å²) in [4.78, 5) is 13.3. The minimum atomic E-state index is -4.44. The summed E-state index contributed by atoms with van der Waals surface area (Å²) in [5.41, 5.74) is 2.59. The van der Waals surface area contributed by atoms with Crippen molar-refractivity contribution in [3.8, 4) is 28.4 Å². The Morgan fingerprint density at radius 3 is 2.59 bits per heavy atom. The normalized spacial score (nSPS) is 17.4. The van der Waals surface area contributed by atoms with Crippen molar-refractivity contribution in [2.45, 2.75) is 18.6 Å². The second-order valence-corrected chi connectivity index (χ2v) is 9.16. The maximum absolute atomic E-state index is 13.7. The summed E-state index contributed by atoms with van der Waals surface area (Å²) in [5, 5.41) is 11.1. The smallest absolute Gasteiger partial charge is 0.393 e. The number of aromatic amines is 1. The molecule has 0 aliphatic carbocycles. The van der Waals surface area contributed by atoms with Gasteiger partial charge in [-0.3, -0.25) is 15.0 Å². The summed E-state index contributed by atoms with van der Waals surface area (Å²) in [6, 6.07) is 5.75. The van der Waals surface area contributed by atoms with Crippen LogP contribution in [0.1, 0.15) is 5.56 Å². The first-order valence-electron chi connectivity index (χ1n) is 11.9. The second kappa shape index (κ2) is 9.30. The van der Waals surface area contributed by atoms with E-state index in [4.69, 9.17) is 9.47 Å². The molecular formula is C24H25F3N8O2. The van der Waals surface area contributed by atoms with E-state index < -0.39 is 12.6 Å². The zero-order valence-corrected chi connectivity index (χ0v) is 20.1. The van der Waals surface area contributed by atoms with Gasteiger partial charge in [0.1, 0.15) is 6.33 Å². The number of nitrogens with zero attached hydrogens (tertiary/aromatic N) is 7. The van der Waals surface area contributed by atoms with Gasteiger partial charge in [0.05, 0.1) is 61.8 Å². The highest BCUT2D eigenvalue weighted by Crippen LogP contribution is 2.36. The predicted molar refractivity (Wildman–Crippen MR) is 129 cm³/mol. The molecule has 0 radical (unpaired) electrons. The van der Waals surface area contributed by atoms with Gasteiger partial charge in [0, 0.05) is 43.5 Å². The molecule has 4 aromatic rings. The molecule has 37 heavy (non-hydrogen) atoms. The SMILES string of the molecule is COc1cc(-c2n[nH]c(-c3ccc(N4CCN(C5COC5)CC4)cn3)c2CC(F)(F)F)cn2ncnc12. The Balaban J connectivity index is 1.30. The highest BCUT2D eigenvalue weighted by molar-refractivity contribution is 5.75. The Kier molecular flexibility index (Phi) is 5.95. The molecule has 6 rings (SSSR count). The Morgan fingerprint density at radius 1 is 1.14 bits per heavy atom. The van der Waals surface area contributed by atoms with Crippen LogP contribution >= 0.6 is 0 Å². The summed E-state index contributed by atoms with van der Waals surface area (Å²) >= 11 is 0. The number of nitrogens with one attached hydrogen (secondary N) is 1. The van der Waals surface area contributed by atoms with Gasteiger partial charge in [0.15, 0.2) is 11.4 Å². The molecule has 6 heterocycles. The van der Waals surface area contributed by atoms with Crippen LogP contribution in [0.2, 0.25) is 0 Å². The molecule has 0 bridgehead atoms. The molecule has 2 aliphatic rings. The molecule has 1 N–H and O–H groups in total. The highest BCUT2D eigenvalue weighted by atomic mass is 19.4. The summed E-state index contributed by atoms with van der Waals surface area (Å²) in [6.45, 7) is 5.18. The Morgan fingerprint density at radius 2 is 1.95 bits per heavy atom. The van der Waals surface area contributed by atoms with Crippen LogP contribution in [0.5, 0.6) is 5.75 Å². The average molecular weight is 515 g/mol. The Labute approximate surface area is 210 Å². The maximum atomic E-state index is 13.7. The number of hydrogen-bond acceptors (Lipinski definition) is 8. The Hall–Kier alpha value is -3.71. The number of aromatic nitrogens is 6. The molecule has 2 aliphatic heterocycles. The summed E-state index contributed by atoms with van der Waals surface area (Å²) < 4.78 is 53.1. The van der Waals surface area contributed by atoms with Crippen LogP contribution < -0.4 is 9.64 Å². The van der Waals surface area contributed by atoms with Crippen LogP contribution in [-0.4, -0.2) is 93.4 Å². The van der Waals surface area contributed by atoms with Gasteiger partial charge in [-0.05, 0) is 18.2 Å². The van der Waals surface area contributed by atoms with Crippen LogP contribution in [0.25, 0.3) is 28.3 Å². The number of H-pyrrole nitrogens is 1. The number of halogens is 3. The van der Waals surface area contributed by atoms with Gasteiger partial charge >= 0.3 is 6.18 Å². The summed E-state index contributed by atoms with van der Waals surface area (Å²) in [6.07, 6.45) is -0.972. The van der Waals surface area contributed by atoms with Crippen molar-refractivity contribution in [3.05, 3.63) is 42.5 Å². The molecule has 0 spiro atoms. The fourth-order valence-corrected chi connectivity index (χ4v) is 4.86. The van der Waals surface area contributed by atoms with E-state index >= 15 is 0 Å². The molecule has 0 amide bonds. The zero-order valence-electron chi connectivity index (χ0n) is 20.1.